The van der Waals surface area contributed by atoms with E-state index in [1.165, 1.54) is 0 Å². The fourth-order valence-electron chi connectivity index (χ4n) is 2.28. The molecule has 0 saturated carbocycles. The Balaban J connectivity index is 1.48. The normalized spacial score (nSPS) is 12.0. The van der Waals surface area contributed by atoms with E-state index >= 15 is 0 Å². The fraction of sp³-hybridized carbons (Fsp3) is 0.167. The van der Waals surface area contributed by atoms with Gasteiger partial charge in [0.1, 0.15) is 13.2 Å². The number of urea groups is 1. The molecule has 1 aliphatic rings. The number of anilines is 1. The van der Waals surface area contributed by atoms with Gasteiger partial charge >= 0.3 is 12.0 Å². The van der Waals surface area contributed by atoms with Crippen LogP contribution in [0.4, 0.5) is 10.5 Å². The molecule has 1 aliphatic heterocycles. The summed E-state index contributed by atoms with van der Waals surface area (Å²) in [6, 6.07) is 10.9. The number of hydrogen-bond acceptors (Lipinski definition) is 6. The molecule has 0 saturated heterocycles. The van der Waals surface area contributed by atoms with Crippen molar-refractivity contribution in [2.75, 3.05) is 25.1 Å². The lowest BCUT2D eigenvalue weighted by Gasteiger charge is -2.19. The molecular formula is C18H15IN2O6. The predicted octanol–water partition coefficient (Wildman–Crippen LogP) is 2.57. The molecule has 0 aliphatic carbocycles. The second-order valence-electron chi connectivity index (χ2n) is 5.42. The average molecular weight is 482 g/mol. The Labute approximate surface area is 168 Å². The first-order valence-electron chi connectivity index (χ1n) is 7.95. The molecule has 3 amide bonds. The van der Waals surface area contributed by atoms with Crippen molar-refractivity contribution >= 4 is 46.2 Å². The molecule has 0 unspecified atom stereocenters. The van der Waals surface area contributed by atoms with Crippen LogP contribution in [0.15, 0.2) is 42.5 Å². The first-order chi connectivity index (χ1) is 13.0. The average Bonchev–Trinajstić information content (AvgIpc) is 2.66. The number of benzene rings is 2. The summed E-state index contributed by atoms with van der Waals surface area (Å²) in [6.07, 6.45) is 0. The highest BCUT2D eigenvalue weighted by molar-refractivity contribution is 14.1. The molecule has 0 bridgehead atoms. The van der Waals surface area contributed by atoms with E-state index in [4.69, 9.17) is 14.2 Å². The Bertz CT molecular complexity index is 886. The van der Waals surface area contributed by atoms with Crippen LogP contribution in [-0.2, 0) is 9.53 Å². The molecule has 2 N–H and O–H groups in total. The van der Waals surface area contributed by atoms with Crippen LogP contribution >= 0.6 is 22.6 Å². The lowest BCUT2D eigenvalue weighted by Crippen LogP contribution is -2.37. The minimum Gasteiger partial charge on any atom is -0.486 e. The Morgan fingerprint density at radius 2 is 1.78 bits per heavy atom. The summed E-state index contributed by atoms with van der Waals surface area (Å²) in [6.45, 7) is 0.320. The molecule has 9 heteroatoms. The van der Waals surface area contributed by atoms with Gasteiger partial charge in [-0.15, -0.1) is 0 Å². The quantitative estimate of drug-likeness (QED) is 0.513. The van der Waals surface area contributed by atoms with E-state index in [1.807, 2.05) is 22.6 Å². The van der Waals surface area contributed by atoms with Gasteiger partial charge in [0.25, 0.3) is 5.91 Å². The summed E-state index contributed by atoms with van der Waals surface area (Å²) in [5, 5.41) is 4.59. The van der Waals surface area contributed by atoms with Crippen LogP contribution in [-0.4, -0.2) is 37.7 Å². The fourth-order valence-corrected chi connectivity index (χ4v) is 2.89. The summed E-state index contributed by atoms with van der Waals surface area (Å²) in [4.78, 5) is 35.7. The molecule has 140 valence electrons. The molecule has 0 atom stereocenters. The molecule has 0 spiro atoms. The second-order valence-corrected chi connectivity index (χ2v) is 6.58. The molecular weight excluding hydrogens is 467 g/mol. The van der Waals surface area contributed by atoms with E-state index in [0.717, 1.165) is 0 Å². The van der Waals surface area contributed by atoms with E-state index in [1.54, 1.807) is 42.5 Å². The van der Waals surface area contributed by atoms with Crippen LogP contribution in [0.5, 0.6) is 11.5 Å². The van der Waals surface area contributed by atoms with E-state index in [-0.39, 0.29) is 0 Å². The van der Waals surface area contributed by atoms with Gasteiger partial charge < -0.3 is 19.5 Å². The zero-order valence-corrected chi connectivity index (χ0v) is 16.1. The molecule has 3 rings (SSSR count). The number of halogens is 1. The summed E-state index contributed by atoms with van der Waals surface area (Å²) >= 11 is 2.00. The number of esters is 1. The molecule has 0 radical (unpaired) electrons. The van der Waals surface area contributed by atoms with E-state index in [2.05, 4.69) is 10.6 Å². The largest absolute Gasteiger partial charge is 0.486 e. The minimum atomic E-state index is -0.748. The van der Waals surface area contributed by atoms with Crippen molar-refractivity contribution in [1.82, 2.24) is 5.32 Å². The van der Waals surface area contributed by atoms with Crippen molar-refractivity contribution in [2.45, 2.75) is 0 Å². The predicted molar refractivity (Wildman–Crippen MR) is 104 cm³/mol. The molecule has 27 heavy (non-hydrogen) atoms. The van der Waals surface area contributed by atoms with Crippen molar-refractivity contribution in [2.24, 2.45) is 0 Å². The number of amides is 3. The highest BCUT2D eigenvalue weighted by atomic mass is 127. The van der Waals surface area contributed by atoms with Crippen LogP contribution in [0.3, 0.4) is 0 Å². The number of fused-ring (bicyclic) bond motifs is 1. The Morgan fingerprint density at radius 1 is 1.04 bits per heavy atom. The van der Waals surface area contributed by atoms with Crippen molar-refractivity contribution in [1.29, 1.82) is 0 Å². The molecule has 8 nitrogen and oxygen atoms in total. The van der Waals surface area contributed by atoms with Gasteiger partial charge in [-0.2, -0.15) is 0 Å². The van der Waals surface area contributed by atoms with Gasteiger partial charge in [0, 0.05) is 15.3 Å². The zero-order chi connectivity index (χ0) is 19.2. The Kier molecular flexibility index (Phi) is 6.12. The zero-order valence-electron chi connectivity index (χ0n) is 14.0. The van der Waals surface area contributed by atoms with Crippen LogP contribution < -0.4 is 20.1 Å². The van der Waals surface area contributed by atoms with Gasteiger partial charge in [0.15, 0.2) is 18.1 Å². The van der Waals surface area contributed by atoms with Crippen molar-refractivity contribution in [3.8, 4) is 11.5 Å². The third-order valence-electron chi connectivity index (χ3n) is 3.48. The number of hydrogen-bond donors (Lipinski definition) is 2. The molecule has 0 fully saturated rings. The highest BCUT2D eigenvalue weighted by Gasteiger charge is 2.16. The lowest BCUT2D eigenvalue weighted by atomic mass is 10.2. The third kappa shape index (κ3) is 5.09. The summed E-state index contributed by atoms with van der Waals surface area (Å²) in [5.74, 6) is -0.283. The van der Waals surface area contributed by atoms with Crippen LogP contribution in [0, 0.1) is 3.57 Å². The standard InChI is InChI=1S/C18H15IN2O6/c19-13-4-2-1-3-12(13)17(23)27-10-16(22)21-18(24)20-11-5-6-14-15(9-11)26-8-7-25-14/h1-6,9H,7-8,10H2,(H2,20,21,22,24). The van der Waals surface area contributed by atoms with Crippen LogP contribution in [0.25, 0.3) is 0 Å². The summed E-state index contributed by atoms with van der Waals surface area (Å²) in [5.41, 5.74) is 0.784. The maximum absolute atomic E-state index is 11.9. The minimum absolute atomic E-state index is 0.353. The maximum atomic E-state index is 11.9. The number of carbonyl (C=O) groups excluding carboxylic acids is 3. The molecule has 2 aromatic carbocycles. The third-order valence-corrected chi connectivity index (χ3v) is 4.42. The maximum Gasteiger partial charge on any atom is 0.339 e. The number of imide groups is 1. The van der Waals surface area contributed by atoms with Crippen molar-refractivity contribution in [3.63, 3.8) is 0 Å². The number of nitrogens with one attached hydrogen (secondary N) is 2. The smallest absolute Gasteiger partial charge is 0.339 e. The van der Waals surface area contributed by atoms with E-state index in [9.17, 15) is 14.4 Å². The first-order valence-corrected chi connectivity index (χ1v) is 9.03. The van der Waals surface area contributed by atoms with Gasteiger partial charge in [-0.1, -0.05) is 12.1 Å². The SMILES string of the molecule is O=C(COC(=O)c1ccccc1I)NC(=O)Nc1ccc2c(c1)OCCO2. The number of ether oxygens (including phenoxy) is 3. The molecule has 1 heterocycles. The summed E-state index contributed by atoms with van der Waals surface area (Å²) < 4.78 is 16.4. The van der Waals surface area contributed by atoms with Gasteiger partial charge in [-0.3, -0.25) is 10.1 Å². The number of carbonyl (C=O) groups is 3. The van der Waals surface area contributed by atoms with E-state index < -0.39 is 24.5 Å². The first kappa shape index (κ1) is 19.0. The topological polar surface area (TPSA) is 103 Å². The van der Waals surface area contributed by atoms with Crippen LogP contribution in [0.2, 0.25) is 0 Å². The lowest BCUT2D eigenvalue weighted by molar-refractivity contribution is -0.123. The van der Waals surface area contributed by atoms with Gasteiger partial charge in [0.05, 0.1) is 5.56 Å². The van der Waals surface area contributed by atoms with Gasteiger partial charge in [0.2, 0.25) is 0 Å². The monoisotopic (exact) mass is 482 g/mol. The van der Waals surface area contributed by atoms with Crippen molar-refractivity contribution < 1.29 is 28.6 Å². The van der Waals surface area contributed by atoms with E-state index in [0.29, 0.717) is 39.5 Å². The highest BCUT2D eigenvalue weighted by Crippen LogP contribution is 2.32. The van der Waals surface area contributed by atoms with Gasteiger partial charge in [-0.05, 0) is 46.9 Å². The Morgan fingerprint density at radius 3 is 2.56 bits per heavy atom. The molecule has 0 aromatic heterocycles. The van der Waals surface area contributed by atoms with Gasteiger partial charge in [-0.25, -0.2) is 9.59 Å². The summed E-state index contributed by atoms with van der Waals surface area (Å²) in [7, 11) is 0. The van der Waals surface area contributed by atoms with Crippen LogP contribution in [0.1, 0.15) is 10.4 Å². The second kappa shape index (κ2) is 8.71. The van der Waals surface area contributed by atoms with Crippen molar-refractivity contribution in [3.05, 3.63) is 51.6 Å². The Hall–Kier alpha value is -2.82. The molecule has 2 aromatic rings. The number of rotatable bonds is 4.